The number of anilines is 1. The van der Waals surface area contributed by atoms with E-state index in [1.807, 2.05) is 0 Å². The molecule has 0 radical (unpaired) electrons. The minimum atomic E-state index is -4.62. The molecule has 0 spiro atoms. The van der Waals surface area contributed by atoms with E-state index < -0.39 is 28.2 Å². The Morgan fingerprint density at radius 1 is 1.33 bits per heavy atom. The lowest BCUT2D eigenvalue weighted by Crippen LogP contribution is -2.47. The number of nitrogens with one attached hydrogen (secondary N) is 1. The Bertz CT molecular complexity index is 1060. The zero-order valence-corrected chi connectivity index (χ0v) is 16.7. The third-order valence-electron chi connectivity index (χ3n) is 4.70. The molecule has 0 saturated carbocycles. The van der Waals surface area contributed by atoms with Crippen molar-refractivity contribution in [2.75, 3.05) is 12.4 Å². The summed E-state index contributed by atoms with van der Waals surface area (Å²) in [5, 5.41) is 2.12. The van der Waals surface area contributed by atoms with Crippen molar-refractivity contribution < 1.29 is 22.8 Å². The van der Waals surface area contributed by atoms with Gasteiger partial charge in [0.05, 0.1) is 22.5 Å². The summed E-state index contributed by atoms with van der Waals surface area (Å²) in [6.45, 7) is 1.74. The van der Waals surface area contributed by atoms with Crippen LogP contribution in [0.5, 0.6) is 0 Å². The monoisotopic (exact) mass is 439 g/mol. The number of halogens is 4. The number of guanidine groups is 1. The van der Waals surface area contributed by atoms with E-state index in [4.69, 9.17) is 17.3 Å². The number of benzene rings is 1. The first-order valence-electron chi connectivity index (χ1n) is 8.67. The first-order valence-corrected chi connectivity index (χ1v) is 9.05. The van der Waals surface area contributed by atoms with E-state index in [0.717, 1.165) is 0 Å². The molecule has 30 heavy (non-hydrogen) atoms. The highest BCUT2D eigenvalue weighted by Gasteiger charge is 2.36. The summed E-state index contributed by atoms with van der Waals surface area (Å²) in [6, 6.07) is 7.20. The highest BCUT2D eigenvalue weighted by atomic mass is 35.5. The molecular weight excluding hydrogens is 423 g/mol. The van der Waals surface area contributed by atoms with Crippen molar-refractivity contribution in [2.24, 2.45) is 10.7 Å². The molecule has 0 aliphatic carbocycles. The van der Waals surface area contributed by atoms with Gasteiger partial charge in [0, 0.05) is 18.9 Å². The van der Waals surface area contributed by atoms with Crippen LogP contribution in [0.3, 0.4) is 0 Å². The van der Waals surface area contributed by atoms with Gasteiger partial charge in [-0.25, -0.2) is 9.98 Å². The molecule has 158 valence electrons. The maximum atomic E-state index is 12.7. The van der Waals surface area contributed by atoms with Gasteiger partial charge < -0.3 is 11.1 Å². The molecule has 1 atom stereocenters. The molecule has 3 N–H and O–H groups in total. The minimum absolute atomic E-state index is 0.0731. The van der Waals surface area contributed by atoms with Crippen molar-refractivity contribution in [1.82, 2.24) is 9.88 Å². The van der Waals surface area contributed by atoms with E-state index >= 15 is 0 Å². The number of hydrogen-bond acceptors (Lipinski definition) is 5. The summed E-state index contributed by atoms with van der Waals surface area (Å²) in [4.78, 5) is 33.8. The Morgan fingerprint density at radius 2 is 2.03 bits per heavy atom. The second-order valence-electron chi connectivity index (χ2n) is 6.96. The zero-order valence-electron chi connectivity index (χ0n) is 15.9. The maximum absolute atomic E-state index is 12.7. The number of aliphatic imine (C=N–C) groups is 1. The number of aromatic nitrogens is 1. The molecule has 3 rings (SSSR count). The Labute approximate surface area is 174 Å². The van der Waals surface area contributed by atoms with Gasteiger partial charge in [-0.3, -0.25) is 14.5 Å². The molecule has 1 aromatic heterocycles. The number of hydrogen-bond donors (Lipinski definition) is 2. The number of nitrogens with two attached hydrogens (primary N) is 1. The van der Waals surface area contributed by atoms with Gasteiger partial charge in [0.15, 0.2) is 5.96 Å². The van der Waals surface area contributed by atoms with Gasteiger partial charge >= 0.3 is 6.18 Å². The lowest BCUT2D eigenvalue weighted by atomic mass is 9.87. The summed E-state index contributed by atoms with van der Waals surface area (Å²) in [5.74, 6) is -0.914. The van der Waals surface area contributed by atoms with E-state index in [0.29, 0.717) is 23.5 Å². The Kier molecular flexibility index (Phi) is 5.46. The molecule has 0 fully saturated rings. The molecule has 2 heterocycles. The van der Waals surface area contributed by atoms with Crippen molar-refractivity contribution in [2.45, 2.75) is 25.1 Å². The van der Waals surface area contributed by atoms with Crippen LogP contribution in [0, 0.1) is 0 Å². The molecule has 7 nitrogen and oxygen atoms in total. The van der Waals surface area contributed by atoms with Crippen LogP contribution in [0.25, 0.3) is 0 Å². The van der Waals surface area contributed by atoms with Gasteiger partial charge in [0.2, 0.25) is 5.91 Å². The van der Waals surface area contributed by atoms with E-state index in [1.54, 1.807) is 31.2 Å². The second kappa shape index (κ2) is 7.60. The highest BCUT2D eigenvalue weighted by Crippen LogP contribution is 2.34. The van der Waals surface area contributed by atoms with Crippen molar-refractivity contribution in [3.05, 3.63) is 58.4 Å². The number of amides is 2. The Balaban J connectivity index is 1.86. The minimum Gasteiger partial charge on any atom is -0.369 e. The first kappa shape index (κ1) is 21.6. The molecule has 2 amide bonds. The summed E-state index contributed by atoms with van der Waals surface area (Å²) in [7, 11) is 1.53. The largest absolute Gasteiger partial charge is 0.417 e. The highest BCUT2D eigenvalue weighted by molar-refractivity contribution is 6.34. The fourth-order valence-electron chi connectivity index (χ4n) is 2.96. The molecule has 2 aromatic rings. The number of nitrogens with zero attached hydrogens (tertiary/aromatic N) is 3. The molecule has 11 heteroatoms. The number of pyridine rings is 1. The average molecular weight is 440 g/mol. The Hall–Kier alpha value is -3.14. The van der Waals surface area contributed by atoms with Crippen LogP contribution in [-0.4, -0.2) is 34.7 Å². The normalized spacial score (nSPS) is 19.5. The van der Waals surface area contributed by atoms with Crippen molar-refractivity contribution in [3.63, 3.8) is 0 Å². The molecular formula is C19H17ClF3N5O2. The van der Waals surface area contributed by atoms with Gasteiger partial charge in [0.1, 0.15) is 5.69 Å². The molecule has 1 aromatic carbocycles. The van der Waals surface area contributed by atoms with Gasteiger partial charge in [0.25, 0.3) is 5.91 Å². The van der Waals surface area contributed by atoms with Crippen molar-refractivity contribution in [1.29, 1.82) is 0 Å². The Morgan fingerprint density at radius 3 is 2.63 bits per heavy atom. The fraction of sp³-hybridized carbons (Fsp3) is 0.263. The third kappa shape index (κ3) is 4.23. The lowest BCUT2D eigenvalue weighted by Gasteiger charge is -2.33. The summed E-state index contributed by atoms with van der Waals surface area (Å²) < 4.78 is 38.2. The van der Waals surface area contributed by atoms with Crippen LogP contribution in [0.4, 0.5) is 18.9 Å². The number of carbonyl (C=O) groups is 2. The molecule has 1 aliphatic heterocycles. The van der Waals surface area contributed by atoms with Crippen molar-refractivity contribution in [3.8, 4) is 0 Å². The number of rotatable bonds is 3. The van der Waals surface area contributed by atoms with E-state index in [-0.39, 0.29) is 24.0 Å². The van der Waals surface area contributed by atoms with Crippen LogP contribution in [0.1, 0.15) is 35.0 Å². The summed E-state index contributed by atoms with van der Waals surface area (Å²) in [5.41, 5.74) is 4.43. The summed E-state index contributed by atoms with van der Waals surface area (Å²) >= 11 is 5.82. The third-order valence-corrected chi connectivity index (χ3v) is 4.99. The topological polar surface area (TPSA) is 101 Å². The van der Waals surface area contributed by atoms with Crippen LogP contribution in [-0.2, 0) is 16.5 Å². The SMILES string of the molecule is CN1C(=O)CC(C)(c2cccc(NC(=O)c3ncc(C(F)(F)F)cc3Cl)c2)N=C1N. The molecule has 0 saturated heterocycles. The smallest absolute Gasteiger partial charge is 0.369 e. The number of carbonyl (C=O) groups excluding carboxylic acids is 2. The maximum Gasteiger partial charge on any atom is 0.417 e. The van der Waals surface area contributed by atoms with Gasteiger partial charge in [-0.2, -0.15) is 13.2 Å². The number of alkyl halides is 3. The zero-order chi connectivity index (χ0) is 22.3. The quantitative estimate of drug-likeness (QED) is 0.765. The second-order valence-corrected chi connectivity index (χ2v) is 7.37. The molecule has 0 bridgehead atoms. The first-order chi connectivity index (χ1) is 13.9. The van der Waals surface area contributed by atoms with E-state index in [9.17, 15) is 22.8 Å². The standard InChI is InChI=1S/C19H17ClF3N5O2/c1-18(8-14(29)28(2)17(24)27-18)10-4-3-5-12(6-10)26-16(30)15-13(20)7-11(9-25-15)19(21,22)23/h3-7,9H,8H2,1-2H3,(H2,24,27)(H,26,30). The van der Waals surface area contributed by atoms with Gasteiger partial charge in [-0.15, -0.1) is 0 Å². The van der Waals surface area contributed by atoms with E-state index in [1.165, 1.54) is 11.9 Å². The lowest BCUT2D eigenvalue weighted by molar-refractivity contribution is -0.137. The molecule has 1 unspecified atom stereocenters. The van der Waals surface area contributed by atoms with Crippen LogP contribution in [0.2, 0.25) is 5.02 Å². The van der Waals surface area contributed by atoms with E-state index in [2.05, 4.69) is 15.3 Å². The average Bonchev–Trinajstić information content (AvgIpc) is 2.65. The fourth-order valence-corrected chi connectivity index (χ4v) is 3.21. The van der Waals surface area contributed by atoms with Crippen LogP contribution in [0.15, 0.2) is 41.5 Å². The van der Waals surface area contributed by atoms with Crippen LogP contribution < -0.4 is 11.1 Å². The molecule has 1 aliphatic rings. The predicted molar refractivity (Wildman–Crippen MR) is 105 cm³/mol. The van der Waals surface area contributed by atoms with Crippen LogP contribution >= 0.6 is 11.6 Å². The van der Waals surface area contributed by atoms with Gasteiger partial charge in [-0.1, -0.05) is 23.7 Å². The van der Waals surface area contributed by atoms with Crippen molar-refractivity contribution >= 4 is 35.1 Å². The summed E-state index contributed by atoms with van der Waals surface area (Å²) in [6.07, 6.45) is -4.00. The predicted octanol–water partition coefficient (Wildman–Crippen LogP) is 3.40. The van der Waals surface area contributed by atoms with Gasteiger partial charge in [-0.05, 0) is 30.7 Å².